The van der Waals surface area contributed by atoms with E-state index in [1.165, 1.54) is 44.9 Å². The minimum atomic E-state index is -0.993. The Hall–Kier alpha value is -1.26. The summed E-state index contributed by atoms with van der Waals surface area (Å²) in [5.41, 5.74) is -0.993. The van der Waals surface area contributed by atoms with E-state index in [-0.39, 0.29) is 12.5 Å². The lowest BCUT2D eigenvalue weighted by Crippen LogP contribution is -2.31. The number of ether oxygens (including phenoxy) is 5. The van der Waals surface area contributed by atoms with Crippen molar-refractivity contribution in [3.05, 3.63) is 0 Å². The van der Waals surface area contributed by atoms with Gasteiger partial charge in [0.2, 0.25) is 0 Å². The molecule has 294 valence electrons. The molecule has 5 aliphatic carbocycles. The second-order valence-electron chi connectivity index (χ2n) is 15.5. The smallest absolute Gasteiger partial charge is 0.138 e. The highest BCUT2D eigenvalue weighted by atomic mass is 19.1. The molecule has 2 atom stereocenters. The van der Waals surface area contributed by atoms with Gasteiger partial charge in [0, 0.05) is 93.4 Å². The predicted molar refractivity (Wildman–Crippen MR) is 198 cm³/mol. The van der Waals surface area contributed by atoms with Crippen molar-refractivity contribution in [2.24, 2.45) is 29.6 Å². The average molecular weight is 715 g/mol. The summed E-state index contributed by atoms with van der Waals surface area (Å²) in [7, 11) is 8.44. The van der Waals surface area contributed by atoms with Crippen LogP contribution in [0.5, 0.6) is 0 Å². The molecule has 0 aliphatic heterocycles. The minimum absolute atomic E-state index is 0.207. The number of rotatable bonds is 10. The SMILES string of the molecule is COCC1(F)CCCCC1.COCC1CCC(=O)CC1.COCC1CCC(C)CC1.COCC1CCCC(=O)C1.COCC1CCCCC1=O. The highest BCUT2D eigenvalue weighted by molar-refractivity contribution is 5.81. The number of hydrogen-bond donors (Lipinski definition) is 0. The normalized spacial score (nSPS) is 26.8. The molecule has 50 heavy (non-hydrogen) atoms. The van der Waals surface area contributed by atoms with Crippen molar-refractivity contribution in [1.82, 2.24) is 0 Å². The molecule has 0 spiro atoms. The molecular weight excluding hydrogens is 639 g/mol. The van der Waals surface area contributed by atoms with Gasteiger partial charge in [0.1, 0.15) is 23.0 Å². The molecular formula is C41H75FO8. The zero-order valence-electron chi connectivity index (χ0n) is 32.9. The van der Waals surface area contributed by atoms with E-state index in [1.807, 2.05) is 0 Å². The monoisotopic (exact) mass is 715 g/mol. The van der Waals surface area contributed by atoms with Crippen molar-refractivity contribution in [3.8, 4) is 0 Å². The van der Waals surface area contributed by atoms with Gasteiger partial charge in [-0.25, -0.2) is 4.39 Å². The van der Waals surface area contributed by atoms with E-state index in [4.69, 9.17) is 23.7 Å². The third-order valence-corrected chi connectivity index (χ3v) is 10.8. The number of halogens is 1. The van der Waals surface area contributed by atoms with E-state index in [2.05, 4.69) is 6.92 Å². The van der Waals surface area contributed by atoms with Crippen LogP contribution in [0.25, 0.3) is 0 Å². The van der Waals surface area contributed by atoms with Crippen LogP contribution in [0.3, 0.4) is 0 Å². The maximum atomic E-state index is 13.4. The van der Waals surface area contributed by atoms with Crippen LogP contribution in [-0.4, -0.2) is 91.6 Å². The number of carbonyl (C=O) groups is 3. The lowest BCUT2D eigenvalue weighted by atomic mass is 9.83. The zero-order valence-corrected chi connectivity index (χ0v) is 32.9. The van der Waals surface area contributed by atoms with Crippen LogP contribution in [0.4, 0.5) is 4.39 Å². The van der Waals surface area contributed by atoms with E-state index in [1.54, 1.807) is 35.5 Å². The van der Waals surface area contributed by atoms with E-state index in [9.17, 15) is 18.8 Å². The molecule has 0 radical (unpaired) electrons. The van der Waals surface area contributed by atoms with Gasteiger partial charge in [-0.05, 0) is 87.9 Å². The third-order valence-electron chi connectivity index (χ3n) is 10.8. The van der Waals surface area contributed by atoms with Crippen LogP contribution >= 0.6 is 0 Å². The summed E-state index contributed by atoms with van der Waals surface area (Å²) >= 11 is 0. The first-order valence-electron chi connectivity index (χ1n) is 19.8. The van der Waals surface area contributed by atoms with E-state index >= 15 is 0 Å². The molecule has 0 aromatic rings. The van der Waals surface area contributed by atoms with Gasteiger partial charge < -0.3 is 23.7 Å². The first-order valence-corrected chi connectivity index (χ1v) is 19.8. The molecule has 0 bridgehead atoms. The number of methoxy groups -OCH3 is 5. The standard InChI is InChI=1S/C9H18O.C8H15FO.3C8H14O2/c1-8-3-5-9(6-4-8)7-10-2;1-10-7-8(9)5-3-2-4-6-8;1-10-6-7-2-4-8(9)5-3-7;1-10-6-7-3-2-4-8(9)5-7;1-10-6-7-4-2-3-5-8(7)9/h8-9H,3-7H2,1-2H3;2-7H2,1H3;3*7H,2-6H2,1H3. The topological polar surface area (TPSA) is 97.4 Å². The lowest BCUT2D eigenvalue weighted by molar-refractivity contribution is -0.126. The minimum Gasteiger partial charge on any atom is -0.384 e. The van der Waals surface area contributed by atoms with Gasteiger partial charge in [-0.1, -0.05) is 45.4 Å². The molecule has 5 fully saturated rings. The fraction of sp³-hybridized carbons (Fsp3) is 0.927. The van der Waals surface area contributed by atoms with Gasteiger partial charge in [-0.2, -0.15) is 0 Å². The summed E-state index contributed by atoms with van der Waals surface area (Å²) in [6.07, 6.45) is 21.7. The maximum Gasteiger partial charge on any atom is 0.138 e. The summed E-state index contributed by atoms with van der Waals surface area (Å²) in [6.45, 7) is 5.82. The van der Waals surface area contributed by atoms with Gasteiger partial charge >= 0.3 is 0 Å². The molecule has 0 heterocycles. The number of Topliss-reactive ketones (excluding diaryl/α,β-unsaturated/α-hetero) is 3. The summed E-state index contributed by atoms with van der Waals surface area (Å²) in [6, 6.07) is 0. The van der Waals surface area contributed by atoms with Crippen LogP contribution in [0.15, 0.2) is 0 Å². The molecule has 0 amide bonds. The van der Waals surface area contributed by atoms with Gasteiger partial charge in [0.05, 0.1) is 13.2 Å². The number of hydrogen-bond acceptors (Lipinski definition) is 8. The molecule has 0 N–H and O–H groups in total. The number of ketones is 3. The van der Waals surface area contributed by atoms with Crippen LogP contribution in [0, 0.1) is 29.6 Å². The third kappa shape index (κ3) is 22.6. The Morgan fingerprint density at radius 2 is 1.10 bits per heavy atom. The Labute approximate surface area is 305 Å². The second kappa shape index (κ2) is 29.2. The molecule has 5 rings (SSSR count). The molecule has 0 aromatic heterocycles. The molecule has 8 nitrogen and oxygen atoms in total. The molecule has 2 unspecified atom stereocenters. The largest absolute Gasteiger partial charge is 0.384 e. The lowest BCUT2D eigenvalue weighted by Gasteiger charge is -2.28. The first kappa shape index (κ1) is 46.8. The number of alkyl halides is 1. The van der Waals surface area contributed by atoms with Gasteiger partial charge in [0.15, 0.2) is 0 Å². The summed E-state index contributed by atoms with van der Waals surface area (Å²) in [4.78, 5) is 32.8. The van der Waals surface area contributed by atoms with Crippen LogP contribution in [0.2, 0.25) is 0 Å². The Kier molecular flexibility index (Phi) is 27.3. The van der Waals surface area contributed by atoms with Crippen LogP contribution < -0.4 is 0 Å². The van der Waals surface area contributed by atoms with Crippen LogP contribution in [0.1, 0.15) is 142 Å². The van der Waals surface area contributed by atoms with Crippen molar-refractivity contribution in [2.75, 3.05) is 68.6 Å². The fourth-order valence-electron chi connectivity index (χ4n) is 7.65. The quantitative estimate of drug-likeness (QED) is 0.221. The molecule has 0 saturated heterocycles. The summed E-state index contributed by atoms with van der Waals surface area (Å²) in [5.74, 6) is 4.41. The van der Waals surface area contributed by atoms with Gasteiger partial charge in [-0.15, -0.1) is 0 Å². The Bertz CT molecular complexity index is 849. The van der Waals surface area contributed by atoms with Crippen molar-refractivity contribution in [1.29, 1.82) is 0 Å². The van der Waals surface area contributed by atoms with Crippen molar-refractivity contribution in [3.63, 3.8) is 0 Å². The molecule has 5 aliphatic rings. The van der Waals surface area contributed by atoms with Crippen molar-refractivity contribution >= 4 is 17.3 Å². The molecule has 5 saturated carbocycles. The van der Waals surface area contributed by atoms with Crippen molar-refractivity contribution < 1.29 is 42.5 Å². The van der Waals surface area contributed by atoms with Crippen molar-refractivity contribution in [2.45, 2.75) is 147 Å². The van der Waals surface area contributed by atoms with Gasteiger partial charge in [-0.3, -0.25) is 14.4 Å². The fourth-order valence-corrected chi connectivity index (χ4v) is 7.65. The molecule has 0 aromatic carbocycles. The van der Waals surface area contributed by atoms with E-state index in [0.29, 0.717) is 48.6 Å². The zero-order chi connectivity index (χ0) is 37.0. The summed E-state index contributed by atoms with van der Waals surface area (Å²) < 4.78 is 38.3. The Balaban J connectivity index is 0.000000312. The highest BCUT2D eigenvalue weighted by Gasteiger charge is 2.31. The highest BCUT2D eigenvalue weighted by Crippen LogP contribution is 2.32. The van der Waals surface area contributed by atoms with E-state index in [0.717, 1.165) is 109 Å². The van der Waals surface area contributed by atoms with E-state index < -0.39 is 5.67 Å². The maximum absolute atomic E-state index is 13.4. The number of carbonyl (C=O) groups excluding carboxylic acids is 3. The second-order valence-corrected chi connectivity index (χ2v) is 15.5. The Morgan fingerprint density at radius 3 is 1.62 bits per heavy atom. The van der Waals surface area contributed by atoms with Gasteiger partial charge in [0.25, 0.3) is 0 Å². The average Bonchev–Trinajstić information content (AvgIpc) is 3.10. The first-order chi connectivity index (χ1) is 24.1. The predicted octanol–water partition coefficient (Wildman–Crippen LogP) is 8.94. The van der Waals surface area contributed by atoms with Crippen LogP contribution in [-0.2, 0) is 38.1 Å². The summed E-state index contributed by atoms with van der Waals surface area (Å²) in [5, 5.41) is 0. The Morgan fingerprint density at radius 1 is 0.540 bits per heavy atom. The molecule has 9 heteroatoms.